The van der Waals surface area contributed by atoms with Crippen molar-refractivity contribution in [3.8, 4) is 28.3 Å². The minimum atomic E-state index is -2.34. The Balaban J connectivity index is 1.66. The summed E-state index contributed by atoms with van der Waals surface area (Å²) >= 11 is 0. The predicted molar refractivity (Wildman–Crippen MR) is 116 cm³/mol. The molecule has 0 aliphatic rings. The highest BCUT2D eigenvalue weighted by atomic mass is 19.2. The molecule has 172 valence electrons. The molecule has 3 aromatic carbocycles. The van der Waals surface area contributed by atoms with Crippen LogP contribution in [0.5, 0.6) is 5.75 Å². The Morgan fingerprint density at radius 2 is 1.38 bits per heavy atom. The van der Waals surface area contributed by atoms with Crippen LogP contribution in [0.15, 0.2) is 66.7 Å². The molecule has 1 amide bonds. The number of anilines is 1. The summed E-state index contributed by atoms with van der Waals surface area (Å²) in [5.74, 6) is -12.0. The van der Waals surface area contributed by atoms with Gasteiger partial charge in [0.25, 0.3) is 5.91 Å². The SMILES string of the molecule is COc1ccccc1-c1cccc(-c2cccc(NC(=O)c3c(F)c(F)c(F)c(F)c3F)c2)n1. The number of benzene rings is 3. The Bertz CT molecular complexity index is 1380. The van der Waals surface area contributed by atoms with Gasteiger partial charge in [0.2, 0.25) is 5.82 Å². The maximum absolute atomic E-state index is 14.0. The van der Waals surface area contributed by atoms with E-state index in [1.165, 1.54) is 12.1 Å². The quantitative estimate of drug-likeness (QED) is 0.209. The minimum absolute atomic E-state index is 0.0657. The van der Waals surface area contributed by atoms with E-state index < -0.39 is 40.6 Å². The highest BCUT2D eigenvalue weighted by molar-refractivity contribution is 6.05. The van der Waals surface area contributed by atoms with Crippen LogP contribution in [0.2, 0.25) is 0 Å². The number of rotatable bonds is 5. The summed E-state index contributed by atoms with van der Waals surface area (Å²) in [5, 5.41) is 2.17. The third-order valence-electron chi connectivity index (χ3n) is 4.99. The van der Waals surface area contributed by atoms with Gasteiger partial charge in [-0.3, -0.25) is 4.79 Å². The predicted octanol–water partition coefficient (Wildman–Crippen LogP) is 6.37. The van der Waals surface area contributed by atoms with Crippen LogP contribution >= 0.6 is 0 Å². The van der Waals surface area contributed by atoms with Gasteiger partial charge >= 0.3 is 0 Å². The molecule has 0 aliphatic heterocycles. The molecule has 0 atom stereocenters. The van der Waals surface area contributed by atoms with Gasteiger partial charge in [-0.15, -0.1) is 0 Å². The fourth-order valence-corrected chi connectivity index (χ4v) is 3.36. The number of nitrogens with zero attached hydrogens (tertiary/aromatic N) is 1. The number of amides is 1. The van der Waals surface area contributed by atoms with Crippen LogP contribution in [0.25, 0.3) is 22.5 Å². The first-order valence-electron chi connectivity index (χ1n) is 9.85. The molecule has 4 aromatic rings. The largest absolute Gasteiger partial charge is 0.496 e. The molecule has 0 bridgehead atoms. The van der Waals surface area contributed by atoms with Crippen LogP contribution in [0, 0.1) is 29.1 Å². The van der Waals surface area contributed by atoms with E-state index in [1.54, 1.807) is 43.5 Å². The lowest BCUT2D eigenvalue weighted by atomic mass is 10.1. The zero-order chi connectivity index (χ0) is 24.4. The maximum Gasteiger partial charge on any atom is 0.261 e. The van der Waals surface area contributed by atoms with Gasteiger partial charge in [-0.2, -0.15) is 0 Å². The highest BCUT2D eigenvalue weighted by Crippen LogP contribution is 2.31. The Morgan fingerprint density at radius 1 is 0.765 bits per heavy atom. The number of hydrogen-bond acceptors (Lipinski definition) is 3. The highest BCUT2D eigenvalue weighted by Gasteiger charge is 2.29. The number of ether oxygens (including phenoxy) is 1. The Hall–Kier alpha value is -4.27. The molecule has 9 heteroatoms. The summed E-state index contributed by atoms with van der Waals surface area (Å²) in [6, 6.07) is 18.6. The number of carbonyl (C=O) groups is 1. The molecule has 0 radical (unpaired) electrons. The molecular weight excluding hydrogens is 455 g/mol. The van der Waals surface area contributed by atoms with E-state index in [2.05, 4.69) is 10.3 Å². The third kappa shape index (κ3) is 4.19. The first-order valence-corrected chi connectivity index (χ1v) is 9.85. The Labute approximate surface area is 190 Å². The lowest BCUT2D eigenvalue weighted by molar-refractivity contribution is 0.101. The average molecular weight is 470 g/mol. The van der Waals surface area contributed by atoms with Gasteiger partial charge in [0.05, 0.1) is 18.5 Å². The maximum atomic E-state index is 14.0. The minimum Gasteiger partial charge on any atom is -0.496 e. The van der Waals surface area contributed by atoms with Gasteiger partial charge in [0.15, 0.2) is 23.3 Å². The van der Waals surface area contributed by atoms with E-state index in [9.17, 15) is 26.7 Å². The summed E-state index contributed by atoms with van der Waals surface area (Å²) in [7, 11) is 1.54. The van der Waals surface area contributed by atoms with Crippen LogP contribution < -0.4 is 10.1 Å². The van der Waals surface area contributed by atoms with Gasteiger partial charge < -0.3 is 10.1 Å². The first-order chi connectivity index (χ1) is 16.3. The number of nitrogens with one attached hydrogen (secondary N) is 1. The van der Waals surface area contributed by atoms with Crippen molar-refractivity contribution in [3.63, 3.8) is 0 Å². The van der Waals surface area contributed by atoms with Crippen molar-refractivity contribution in [2.75, 3.05) is 12.4 Å². The molecule has 1 N–H and O–H groups in total. The molecule has 1 aromatic heterocycles. The topological polar surface area (TPSA) is 51.2 Å². The number of para-hydroxylation sites is 1. The van der Waals surface area contributed by atoms with Crippen LogP contribution in [-0.4, -0.2) is 18.0 Å². The molecule has 0 aliphatic carbocycles. The van der Waals surface area contributed by atoms with Crippen molar-refractivity contribution < 1.29 is 31.5 Å². The fraction of sp³-hybridized carbons (Fsp3) is 0.0400. The van der Waals surface area contributed by atoms with Gasteiger partial charge in [-0.25, -0.2) is 26.9 Å². The number of hydrogen-bond donors (Lipinski definition) is 1. The van der Waals surface area contributed by atoms with Crippen LogP contribution in [-0.2, 0) is 0 Å². The van der Waals surface area contributed by atoms with Crippen molar-refractivity contribution in [2.45, 2.75) is 0 Å². The van der Waals surface area contributed by atoms with Crippen molar-refractivity contribution >= 4 is 11.6 Å². The molecule has 0 unspecified atom stereocenters. The van der Waals surface area contributed by atoms with Crippen LogP contribution in [0.4, 0.5) is 27.6 Å². The normalized spacial score (nSPS) is 10.8. The summed E-state index contributed by atoms with van der Waals surface area (Å²) in [6.45, 7) is 0. The van der Waals surface area contributed by atoms with Crippen molar-refractivity contribution in [3.05, 3.63) is 101 Å². The standard InChI is InChI=1S/C25H15F5N2O2/c1-34-18-11-3-2-8-15(18)17-10-5-9-16(32-17)13-6-4-7-14(12-13)31-25(33)19-20(26)22(28)24(30)23(29)21(19)27/h2-12H,1H3,(H,31,33). The zero-order valence-electron chi connectivity index (χ0n) is 17.5. The van der Waals surface area contributed by atoms with Crippen LogP contribution in [0.1, 0.15) is 10.4 Å². The zero-order valence-corrected chi connectivity index (χ0v) is 17.5. The summed E-state index contributed by atoms with van der Waals surface area (Å²) in [4.78, 5) is 17.0. The molecule has 0 saturated carbocycles. The lowest BCUT2D eigenvalue weighted by Gasteiger charge is -2.11. The van der Waals surface area contributed by atoms with Crippen molar-refractivity contribution in [1.82, 2.24) is 4.98 Å². The van der Waals surface area contributed by atoms with Gasteiger partial charge in [-0.05, 0) is 36.4 Å². The van der Waals surface area contributed by atoms with Crippen molar-refractivity contribution in [2.24, 2.45) is 0 Å². The van der Waals surface area contributed by atoms with E-state index in [0.717, 1.165) is 5.56 Å². The van der Waals surface area contributed by atoms with E-state index in [4.69, 9.17) is 4.74 Å². The molecule has 1 heterocycles. The van der Waals surface area contributed by atoms with Crippen LogP contribution in [0.3, 0.4) is 0 Å². The van der Waals surface area contributed by atoms with Gasteiger partial charge in [-0.1, -0.05) is 30.3 Å². The monoisotopic (exact) mass is 470 g/mol. The summed E-state index contributed by atoms with van der Waals surface area (Å²) in [5.41, 5.74) is 0.908. The number of halogens is 5. The molecule has 4 nitrogen and oxygen atoms in total. The third-order valence-corrected chi connectivity index (χ3v) is 4.99. The number of carbonyl (C=O) groups excluding carboxylic acids is 1. The summed E-state index contributed by atoms with van der Waals surface area (Å²) < 4.78 is 73.5. The molecule has 34 heavy (non-hydrogen) atoms. The fourth-order valence-electron chi connectivity index (χ4n) is 3.36. The second-order valence-corrected chi connectivity index (χ2v) is 7.09. The second kappa shape index (κ2) is 9.30. The second-order valence-electron chi connectivity index (χ2n) is 7.09. The van der Waals surface area contributed by atoms with Gasteiger partial charge in [0.1, 0.15) is 11.3 Å². The molecular formula is C25H15F5N2O2. The van der Waals surface area contributed by atoms with Gasteiger partial charge in [0, 0.05) is 16.8 Å². The molecule has 0 fully saturated rings. The molecule has 4 rings (SSSR count). The number of aromatic nitrogens is 1. The van der Waals surface area contributed by atoms with Crippen molar-refractivity contribution in [1.29, 1.82) is 0 Å². The Kier molecular flexibility index (Phi) is 6.27. The number of methoxy groups -OCH3 is 1. The Morgan fingerprint density at radius 3 is 2.09 bits per heavy atom. The molecule has 0 spiro atoms. The molecule has 0 saturated heterocycles. The van der Waals surface area contributed by atoms with E-state index in [-0.39, 0.29) is 5.69 Å². The first kappa shape index (κ1) is 22.9. The van der Waals surface area contributed by atoms with E-state index >= 15 is 0 Å². The summed E-state index contributed by atoms with van der Waals surface area (Å²) in [6.07, 6.45) is 0. The van der Waals surface area contributed by atoms with E-state index in [1.807, 2.05) is 18.2 Å². The van der Waals surface area contributed by atoms with E-state index in [0.29, 0.717) is 22.7 Å². The number of pyridine rings is 1. The smallest absolute Gasteiger partial charge is 0.261 e. The lowest BCUT2D eigenvalue weighted by Crippen LogP contribution is -2.19. The average Bonchev–Trinajstić information content (AvgIpc) is 2.86.